The molecular weight excluding hydrogens is 278 g/mol. The van der Waals surface area contributed by atoms with Gasteiger partial charge < -0.3 is 14.2 Å². The van der Waals surface area contributed by atoms with Gasteiger partial charge in [-0.25, -0.2) is 0 Å². The lowest BCUT2D eigenvalue weighted by atomic mass is 10.3. The highest BCUT2D eigenvalue weighted by Gasteiger charge is 2.10. The standard InChI is InChI=1S/C14H25NO6/c1-4-9-21-14(18)5-6-15(7-10-19-12(2)16)8-11-20-13(3)17/h4-11H2,1-3H3. The summed E-state index contributed by atoms with van der Waals surface area (Å²) in [5.41, 5.74) is 0. The van der Waals surface area contributed by atoms with E-state index in [4.69, 9.17) is 14.2 Å². The second-order valence-electron chi connectivity index (χ2n) is 4.49. The number of hydrogen-bond donors (Lipinski definition) is 0. The van der Waals surface area contributed by atoms with E-state index in [9.17, 15) is 14.4 Å². The molecule has 0 atom stereocenters. The Balaban J connectivity index is 4.06. The molecule has 0 saturated carbocycles. The van der Waals surface area contributed by atoms with Crippen LogP contribution in [0.2, 0.25) is 0 Å². The van der Waals surface area contributed by atoms with Gasteiger partial charge in [-0.1, -0.05) is 6.92 Å². The summed E-state index contributed by atoms with van der Waals surface area (Å²) in [6.07, 6.45) is 1.04. The summed E-state index contributed by atoms with van der Waals surface area (Å²) < 4.78 is 14.7. The van der Waals surface area contributed by atoms with Crippen molar-refractivity contribution in [2.24, 2.45) is 0 Å². The summed E-state index contributed by atoms with van der Waals surface area (Å²) in [7, 11) is 0. The van der Waals surface area contributed by atoms with Crippen molar-refractivity contribution in [3.8, 4) is 0 Å². The van der Waals surface area contributed by atoms with Crippen molar-refractivity contribution in [2.45, 2.75) is 33.6 Å². The topological polar surface area (TPSA) is 82.1 Å². The van der Waals surface area contributed by atoms with Crippen LogP contribution in [0.25, 0.3) is 0 Å². The first-order valence-electron chi connectivity index (χ1n) is 7.10. The third kappa shape index (κ3) is 13.1. The van der Waals surface area contributed by atoms with E-state index in [1.807, 2.05) is 11.8 Å². The number of rotatable bonds is 11. The molecule has 0 rings (SSSR count). The lowest BCUT2D eigenvalue weighted by Crippen LogP contribution is -2.34. The lowest BCUT2D eigenvalue weighted by Gasteiger charge is -2.21. The summed E-state index contributed by atoms with van der Waals surface area (Å²) in [5, 5.41) is 0. The molecule has 0 aromatic rings. The van der Waals surface area contributed by atoms with Gasteiger partial charge >= 0.3 is 17.9 Å². The van der Waals surface area contributed by atoms with Gasteiger partial charge in [-0.05, 0) is 6.42 Å². The quantitative estimate of drug-likeness (QED) is 0.411. The summed E-state index contributed by atoms with van der Waals surface area (Å²) in [6, 6.07) is 0. The molecule has 0 unspecified atom stereocenters. The van der Waals surface area contributed by atoms with E-state index in [1.165, 1.54) is 13.8 Å². The molecule has 0 fully saturated rings. The molecule has 0 saturated heterocycles. The zero-order chi connectivity index (χ0) is 16.1. The number of carbonyl (C=O) groups is 3. The Morgan fingerprint density at radius 2 is 1.33 bits per heavy atom. The van der Waals surface area contributed by atoms with Gasteiger partial charge in [0.25, 0.3) is 0 Å². The van der Waals surface area contributed by atoms with Crippen LogP contribution < -0.4 is 0 Å². The fourth-order valence-electron chi connectivity index (χ4n) is 1.51. The zero-order valence-electron chi connectivity index (χ0n) is 13.1. The number of esters is 3. The third-order valence-corrected chi connectivity index (χ3v) is 2.53. The Morgan fingerprint density at radius 3 is 1.76 bits per heavy atom. The van der Waals surface area contributed by atoms with Crippen molar-refractivity contribution >= 4 is 17.9 Å². The van der Waals surface area contributed by atoms with Crippen molar-refractivity contribution in [2.75, 3.05) is 39.5 Å². The minimum absolute atomic E-state index is 0.236. The van der Waals surface area contributed by atoms with Crippen molar-refractivity contribution in [3.05, 3.63) is 0 Å². The van der Waals surface area contributed by atoms with Crippen LogP contribution in [0.5, 0.6) is 0 Å². The maximum Gasteiger partial charge on any atom is 0.307 e. The van der Waals surface area contributed by atoms with E-state index in [0.717, 1.165) is 6.42 Å². The molecule has 0 heterocycles. The Morgan fingerprint density at radius 1 is 0.810 bits per heavy atom. The Labute approximate surface area is 125 Å². The van der Waals surface area contributed by atoms with Crippen LogP contribution in [0.4, 0.5) is 0 Å². The van der Waals surface area contributed by atoms with Gasteiger partial charge in [-0.2, -0.15) is 0 Å². The predicted molar refractivity (Wildman–Crippen MR) is 75.6 cm³/mol. The first kappa shape index (κ1) is 19.4. The fraction of sp³-hybridized carbons (Fsp3) is 0.786. The fourth-order valence-corrected chi connectivity index (χ4v) is 1.51. The third-order valence-electron chi connectivity index (χ3n) is 2.53. The molecule has 7 heteroatoms. The molecule has 0 aromatic heterocycles. The van der Waals surface area contributed by atoms with E-state index < -0.39 is 0 Å². The molecule has 0 aliphatic heterocycles. The van der Waals surface area contributed by atoms with E-state index in [1.54, 1.807) is 0 Å². The van der Waals surface area contributed by atoms with Gasteiger partial charge in [0.15, 0.2) is 0 Å². The molecule has 0 amide bonds. The van der Waals surface area contributed by atoms with Crippen LogP contribution in [0, 0.1) is 0 Å². The predicted octanol–water partition coefficient (Wildman–Crippen LogP) is 0.758. The van der Waals surface area contributed by atoms with Crippen molar-refractivity contribution in [1.29, 1.82) is 0 Å². The SMILES string of the molecule is CCCOC(=O)CCN(CCOC(C)=O)CCOC(C)=O. The van der Waals surface area contributed by atoms with Crippen LogP contribution >= 0.6 is 0 Å². The smallest absolute Gasteiger partial charge is 0.307 e. The second kappa shape index (κ2) is 12.1. The number of carbonyl (C=O) groups excluding carboxylic acids is 3. The Hall–Kier alpha value is -1.63. The van der Waals surface area contributed by atoms with Crippen LogP contribution in [0.1, 0.15) is 33.6 Å². The van der Waals surface area contributed by atoms with Crippen molar-refractivity contribution < 1.29 is 28.6 Å². The Bertz CT molecular complexity index is 311. The molecule has 122 valence electrons. The lowest BCUT2D eigenvalue weighted by molar-refractivity contribution is -0.146. The van der Waals surface area contributed by atoms with Gasteiger partial charge in [0.05, 0.1) is 13.0 Å². The van der Waals surface area contributed by atoms with Crippen molar-refractivity contribution in [3.63, 3.8) is 0 Å². The normalized spacial score (nSPS) is 10.3. The molecule has 0 spiro atoms. The van der Waals surface area contributed by atoms with Gasteiger partial charge in [-0.3, -0.25) is 19.3 Å². The number of ether oxygens (including phenoxy) is 3. The largest absolute Gasteiger partial charge is 0.466 e. The van der Waals surface area contributed by atoms with Gasteiger partial charge in [0.2, 0.25) is 0 Å². The van der Waals surface area contributed by atoms with E-state index >= 15 is 0 Å². The molecular formula is C14H25NO6. The van der Waals surface area contributed by atoms with E-state index in [2.05, 4.69) is 0 Å². The average molecular weight is 303 g/mol. The summed E-state index contributed by atoms with van der Waals surface area (Å²) in [4.78, 5) is 34.8. The summed E-state index contributed by atoms with van der Waals surface area (Å²) >= 11 is 0. The summed E-state index contributed by atoms with van der Waals surface area (Å²) in [5.74, 6) is -0.962. The molecule has 0 N–H and O–H groups in total. The maximum atomic E-state index is 11.5. The first-order chi connectivity index (χ1) is 9.95. The molecule has 21 heavy (non-hydrogen) atoms. The van der Waals surface area contributed by atoms with E-state index in [0.29, 0.717) is 26.2 Å². The van der Waals surface area contributed by atoms with Gasteiger partial charge in [0.1, 0.15) is 13.2 Å². The van der Waals surface area contributed by atoms with Crippen molar-refractivity contribution in [1.82, 2.24) is 4.90 Å². The highest BCUT2D eigenvalue weighted by Crippen LogP contribution is 1.96. The first-order valence-corrected chi connectivity index (χ1v) is 7.10. The maximum absolute atomic E-state index is 11.5. The van der Waals surface area contributed by atoms with Crippen LogP contribution in [-0.2, 0) is 28.6 Å². The van der Waals surface area contributed by atoms with Crippen LogP contribution in [0.3, 0.4) is 0 Å². The van der Waals surface area contributed by atoms with Crippen LogP contribution in [-0.4, -0.2) is 62.3 Å². The minimum atomic E-state index is -0.350. The molecule has 0 radical (unpaired) electrons. The molecule has 7 nitrogen and oxygen atoms in total. The highest BCUT2D eigenvalue weighted by molar-refractivity contribution is 5.69. The van der Waals surface area contributed by atoms with Gasteiger partial charge in [-0.15, -0.1) is 0 Å². The zero-order valence-corrected chi connectivity index (χ0v) is 13.1. The molecule has 0 aliphatic carbocycles. The minimum Gasteiger partial charge on any atom is -0.466 e. The Kier molecular flexibility index (Phi) is 11.2. The summed E-state index contributed by atoms with van der Waals surface area (Å²) in [6.45, 7) is 6.90. The number of nitrogens with zero attached hydrogens (tertiary/aromatic N) is 1. The molecule has 0 aliphatic rings. The van der Waals surface area contributed by atoms with Gasteiger partial charge in [0, 0.05) is 33.5 Å². The second-order valence-corrected chi connectivity index (χ2v) is 4.49. The molecule has 0 bridgehead atoms. The van der Waals surface area contributed by atoms with E-state index in [-0.39, 0.29) is 37.5 Å². The highest BCUT2D eigenvalue weighted by atomic mass is 16.5. The molecule has 0 aromatic carbocycles. The number of hydrogen-bond acceptors (Lipinski definition) is 7. The monoisotopic (exact) mass is 303 g/mol. The van der Waals surface area contributed by atoms with Crippen LogP contribution in [0.15, 0.2) is 0 Å². The average Bonchev–Trinajstić information content (AvgIpc) is 2.41.